The average Bonchev–Trinajstić information content (AvgIpc) is 3.45. The summed E-state index contributed by atoms with van der Waals surface area (Å²) in [6.07, 6.45) is 5.06. The fourth-order valence-electron chi connectivity index (χ4n) is 2.99. The summed E-state index contributed by atoms with van der Waals surface area (Å²) in [5.41, 5.74) is 1.79. The minimum absolute atomic E-state index is 0.0297. The highest BCUT2D eigenvalue weighted by Crippen LogP contribution is 2.31. The monoisotopic (exact) mass is 421 g/mol. The molecule has 142 valence electrons. The first kappa shape index (κ1) is 17.7. The van der Waals surface area contributed by atoms with E-state index >= 15 is 0 Å². The lowest BCUT2D eigenvalue weighted by Gasteiger charge is -2.20. The molecule has 4 heterocycles. The molecule has 5 rings (SSSR count). The van der Waals surface area contributed by atoms with Crippen LogP contribution in [0, 0.1) is 5.41 Å². The van der Waals surface area contributed by atoms with Gasteiger partial charge in [0.1, 0.15) is 0 Å². The Morgan fingerprint density at radius 3 is 2.72 bits per heavy atom. The largest absolute Gasteiger partial charge is 0.462 e. The molecule has 2 aromatic heterocycles. The molecule has 0 bridgehead atoms. The van der Waals surface area contributed by atoms with Crippen LogP contribution in [0.25, 0.3) is 11.8 Å². The number of thioether (sulfide) groups is 1. The van der Waals surface area contributed by atoms with E-state index in [4.69, 9.17) is 21.4 Å². The number of hydrogen-bond acceptors (Lipinski definition) is 5. The molecule has 1 N–H and O–H groups in total. The number of amides is 1. The van der Waals surface area contributed by atoms with Crippen LogP contribution >= 0.6 is 23.4 Å². The molecule has 0 atom stereocenters. The molecule has 0 saturated carbocycles. The van der Waals surface area contributed by atoms with Crippen molar-refractivity contribution in [1.29, 1.82) is 5.41 Å². The predicted octanol–water partition coefficient (Wildman–Crippen LogP) is 4.39. The van der Waals surface area contributed by atoms with Gasteiger partial charge < -0.3 is 8.98 Å². The zero-order valence-electron chi connectivity index (χ0n) is 14.7. The van der Waals surface area contributed by atoms with Gasteiger partial charge in [-0.1, -0.05) is 11.6 Å². The summed E-state index contributed by atoms with van der Waals surface area (Å²) in [6.45, 7) is 0. The zero-order valence-corrected chi connectivity index (χ0v) is 16.3. The van der Waals surface area contributed by atoms with Gasteiger partial charge in [0.25, 0.3) is 5.91 Å². The summed E-state index contributed by atoms with van der Waals surface area (Å²) in [6, 6.07) is 14.6. The second-order valence-electron chi connectivity index (χ2n) is 6.18. The number of nitrogens with zero attached hydrogens (tertiary/aromatic N) is 4. The molecule has 3 aromatic rings. The molecule has 0 saturated heterocycles. The van der Waals surface area contributed by atoms with E-state index in [-0.39, 0.29) is 11.4 Å². The molecule has 0 radical (unpaired) electrons. The number of carbonyl (C=O) groups excluding carboxylic acids is 1. The third-order valence-electron chi connectivity index (χ3n) is 4.36. The first-order chi connectivity index (χ1) is 14.1. The highest BCUT2D eigenvalue weighted by molar-refractivity contribution is 8.27. The van der Waals surface area contributed by atoms with Gasteiger partial charge >= 0.3 is 0 Å². The number of nitrogens with one attached hydrogen (secondary N) is 1. The Morgan fingerprint density at radius 1 is 1.14 bits per heavy atom. The van der Waals surface area contributed by atoms with Crippen LogP contribution in [0.15, 0.2) is 81.1 Å². The molecule has 0 unspecified atom stereocenters. The van der Waals surface area contributed by atoms with Gasteiger partial charge in [0.2, 0.25) is 5.17 Å². The first-order valence-corrected chi connectivity index (χ1v) is 9.77. The number of fused-ring (bicyclic) bond motifs is 1. The Balaban J connectivity index is 1.51. The van der Waals surface area contributed by atoms with E-state index in [1.54, 1.807) is 36.6 Å². The second kappa shape index (κ2) is 6.91. The summed E-state index contributed by atoms with van der Waals surface area (Å²) in [5.74, 6) is 0.0564. The lowest BCUT2D eigenvalue weighted by molar-refractivity contribution is -0.114. The summed E-state index contributed by atoms with van der Waals surface area (Å²) in [5, 5.41) is 15.8. The van der Waals surface area contributed by atoms with Gasteiger partial charge in [0.05, 0.1) is 11.8 Å². The van der Waals surface area contributed by atoms with Crippen LogP contribution < -0.4 is 0 Å². The maximum Gasteiger partial charge on any atom is 0.283 e. The summed E-state index contributed by atoms with van der Waals surface area (Å²) in [7, 11) is 0. The van der Waals surface area contributed by atoms with Crippen LogP contribution in [0.1, 0.15) is 11.5 Å². The number of furan rings is 1. The quantitative estimate of drug-likeness (QED) is 0.635. The summed E-state index contributed by atoms with van der Waals surface area (Å²) < 4.78 is 7.26. The predicted molar refractivity (Wildman–Crippen MR) is 114 cm³/mol. The van der Waals surface area contributed by atoms with Crippen molar-refractivity contribution in [3.8, 4) is 5.69 Å². The Bertz CT molecular complexity index is 1220. The van der Waals surface area contributed by atoms with Crippen LogP contribution in [0.3, 0.4) is 0 Å². The Morgan fingerprint density at radius 2 is 1.97 bits per heavy atom. The number of hydrogen-bond donors (Lipinski definition) is 1. The van der Waals surface area contributed by atoms with Gasteiger partial charge in [0, 0.05) is 22.6 Å². The Hall–Kier alpha value is -3.36. The number of hydrazone groups is 1. The van der Waals surface area contributed by atoms with Crippen molar-refractivity contribution in [1.82, 2.24) is 9.58 Å². The van der Waals surface area contributed by atoms with E-state index in [0.717, 1.165) is 11.4 Å². The van der Waals surface area contributed by atoms with Crippen molar-refractivity contribution in [2.75, 3.05) is 0 Å². The fraction of sp³-hybridized carbons (Fsp3) is 0. The highest BCUT2D eigenvalue weighted by atomic mass is 35.5. The van der Waals surface area contributed by atoms with Gasteiger partial charge in [-0.15, -0.1) is 0 Å². The van der Waals surface area contributed by atoms with Crippen molar-refractivity contribution < 1.29 is 9.21 Å². The van der Waals surface area contributed by atoms with Gasteiger partial charge in [-0.05, 0) is 66.4 Å². The van der Waals surface area contributed by atoms with Gasteiger partial charge in [0.15, 0.2) is 16.6 Å². The molecule has 7 nitrogen and oxygen atoms in total. The Labute approximate surface area is 174 Å². The number of aliphatic imine (C=N–C) groups is 1. The second-order valence-corrected chi connectivity index (χ2v) is 7.57. The third-order valence-corrected chi connectivity index (χ3v) is 5.54. The molecule has 1 aromatic carbocycles. The lowest BCUT2D eigenvalue weighted by Crippen LogP contribution is -2.35. The van der Waals surface area contributed by atoms with Crippen molar-refractivity contribution in [3.05, 3.63) is 83.0 Å². The molecule has 2 aliphatic heterocycles. The minimum Gasteiger partial charge on any atom is -0.462 e. The molecule has 9 heteroatoms. The molecular weight excluding hydrogens is 410 g/mol. The average molecular weight is 422 g/mol. The van der Waals surface area contributed by atoms with Crippen LogP contribution in [-0.2, 0) is 4.79 Å². The van der Waals surface area contributed by atoms with Gasteiger partial charge in [-0.3, -0.25) is 10.2 Å². The maximum atomic E-state index is 12.6. The smallest absolute Gasteiger partial charge is 0.283 e. The molecule has 0 aliphatic carbocycles. The third kappa shape index (κ3) is 3.12. The number of amidine groups is 2. The van der Waals surface area contributed by atoms with E-state index in [0.29, 0.717) is 21.0 Å². The standard InChI is InChI=1S/C20H12ClN5O2S/c21-12-5-7-13(8-6-12)25-9-1-3-14(25)11-15-17(22)26-20(23-18(15)27)29-19(24-26)16-4-2-10-28-16/h1-11,22H/b15-11-,22-17?. The minimum atomic E-state index is -0.478. The molecule has 29 heavy (non-hydrogen) atoms. The number of aromatic nitrogens is 1. The van der Waals surface area contributed by atoms with E-state index < -0.39 is 5.91 Å². The fourth-order valence-corrected chi connectivity index (χ4v) is 3.97. The topological polar surface area (TPSA) is 86.9 Å². The van der Waals surface area contributed by atoms with Crippen LogP contribution in [0.5, 0.6) is 0 Å². The number of benzene rings is 1. The highest BCUT2D eigenvalue weighted by Gasteiger charge is 2.36. The van der Waals surface area contributed by atoms with Crippen LogP contribution in [0.4, 0.5) is 0 Å². The van der Waals surface area contributed by atoms with Gasteiger partial charge in [-0.25, -0.2) is 0 Å². The Kier molecular flexibility index (Phi) is 4.22. The number of carbonyl (C=O) groups is 1. The number of rotatable bonds is 3. The SMILES string of the molecule is N=C1/C(=C/c2cccn2-c2ccc(Cl)cc2)C(=O)N=C2SC(c3ccco3)=NN12. The van der Waals surface area contributed by atoms with Gasteiger partial charge in [-0.2, -0.15) is 15.1 Å². The maximum absolute atomic E-state index is 12.6. The summed E-state index contributed by atoms with van der Waals surface area (Å²) >= 11 is 7.17. The van der Waals surface area contributed by atoms with E-state index in [9.17, 15) is 4.79 Å². The molecule has 2 aliphatic rings. The van der Waals surface area contributed by atoms with E-state index in [1.807, 2.05) is 35.0 Å². The van der Waals surface area contributed by atoms with Crippen molar-refractivity contribution in [2.24, 2.45) is 10.1 Å². The normalized spacial score (nSPS) is 17.6. The molecule has 0 fully saturated rings. The molecular formula is C20H12ClN5O2S. The molecule has 0 spiro atoms. The van der Waals surface area contributed by atoms with Crippen LogP contribution in [-0.4, -0.2) is 31.5 Å². The van der Waals surface area contributed by atoms with Crippen molar-refractivity contribution in [2.45, 2.75) is 0 Å². The summed E-state index contributed by atoms with van der Waals surface area (Å²) in [4.78, 5) is 16.7. The van der Waals surface area contributed by atoms with E-state index in [1.165, 1.54) is 16.8 Å². The van der Waals surface area contributed by atoms with E-state index in [2.05, 4.69) is 10.1 Å². The first-order valence-electron chi connectivity index (χ1n) is 8.57. The zero-order chi connectivity index (χ0) is 20.0. The lowest BCUT2D eigenvalue weighted by atomic mass is 10.1. The van der Waals surface area contributed by atoms with Crippen molar-refractivity contribution >= 4 is 51.4 Å². The van der Waals surface area contributed by atoms with Crippen molar-refractivity contribution in [3.63, 3.8) is 0 Å². The van der Waals surface area contributed by atoms with Crippen LogP contribution in [0.2, 0.25) is 5.02 Å². The number of halogens is 1. The molecule has 1 amide bonds.